The van der Waals surface area contributed by atoms with E-state index in [2.05, 4.69) is 21.9 Å². The normalized spacial score (nSPS) is 17.8. The van der Waals surface area contributed by atoms with Crippen LogP contribution in [0.1, 0.15) is 25.7 Å². The lowest BCUT2D eigenvalue weighted by Crippen LogP contribution is -1.99. The Labute approximate surface area is 79.2 Å². The Kier molecular flexibility index (Phi) is 3.28. The number of rotatable bonds is 0. The molecule has 0 aromatic heterocycles. The Balaban J connectivity index is 2.58. The molecule has 1 rings (SSSR count). The molecule has 0 radical (unpaired) electrons. The minimum Gasteiger partial charge on any atom is -0.180 e. The predicted octanol–water partition coefficient (Wildman–Crippen LogP) is 3.48. The maximum absolute atomic E-state index is 12.2. The molecule has 0 nitrogen and oxygen atoms in total. The van der Waals surface area contributed by atoms with E-state index in [0.29, 0.717) is 0 Å². The van der Waals surface area contributed by atoms with Gasteiger partial charge in [-0.3, -0.25) is 0 Å². The van der Waals surface area contributed by atoms with E-state index in [1.165, 1.54) is 0 Å². The van der Waals surface area contributed by atoms with Crippen LogP contribution in [0.3, 0.4) is 0 Å². The zero-order chi connectivity index (χ0) is 9.03. The molecule has 0 saturated heterocycles. The summed E-state index contributed by atoms with van der Waals surface area (Å²) in [5.74, 6) is 4.33. The minimum absolute atomic E-state index is 0.843. The lowest BCUT2D eigenvalue weighted by atomic mass is 10.0. The van der Waals surface area contributed by atoms with Crippen molar-refractivity contribution in [3.05, 3.63) is 11.6 Å². The molecule has 1 aliphatic carbocycles. The number of alkyl halides is 3. The molecule has 3 heteroatoms. The second kappa shape index (κ2) is 4.04. The summed E-state index contributed by atoms with van der Waals surface area (Å²) in [6.07, 6.45) is 5.97. The molecule has 0 aromatic rings. The molecule has 0 atom stereocenters. The van der Waals surface area contributed by atoms with Crippen molar-refractivity contribution in [1.29, 1.82) is 0 Å². The molecule has 66 valence electrons. The first-order chi connectivity index (χ1) is 5.58. The second-order valence-electron chi connectivity index (χ2n) is 2.72. The molecule has 0 saturated carbocycles. The molecular formula is C9H9BrF2. The first-order valence-electron chi connectivity index (χ1n) is 3.87. The Morgan fingerprint density at radius 3 is 2.67 bits per heavy atom. The van der Waals surface area contributed by atoms with Gasteiger partial charge in [0.15, 0.2) is 0 Å². The summed E-state index contributed by atoms with van der Waals surface area (Å²) < 4.78 is 24.4. The molecule has 0 unspecified atom stereocenters. The molecule has 12 heavy (non-hydrogen) atoms. The van der Waals surface area contributed by atoms with Crippen molar-refractivity contribution < 1.29 is 8.78 Å². The molecule has 1 aliphatic rings. The third-order valence-electron chi connectivity index (χ3n) is 1.66. The molecule has 0 spiro atoms. The summed E-state index contributed by atoms with van der Waals surface area (Å²) in [7, 11) is 0. The summed E-state index contributed by atoms with van der Waals surface area (Å²) in [6, 6.07) is 0. The number of allylic oxidation sites excluding steroid dienone is 2. The van der Waals surface area contributed by atoms with Gasteiger partial charge in [-0.1, -0.05) is 12.0 Å². The van der Waals surface area contributed by atoms with E-state index >= 15 is 0 Å². The van der Waals surface area contributed by atoms with Gasteiger partial charge in [0.1, 0.15) is 0 Å². The minimum atomic E-state index is -3.04. The third-order valence-corrected chi connectivity index (χ3v) is 1.85. The van der Waals surface area contributed by atoms with Gasteiger partial charge in [0.05, 0.1) is 0 Å². The summed E-state index contributed by atoms with van der Waals surface area (Å²) >= 11 is 2.17. The molecule has 0 fully saturated rings. The molecular weight excluding hydrogens is 226 g/mol. The first-order valence-corrected chi connectivity index (χ1v) is 4.66. The van der Waals surface area contributed by atoms with Crippen LogP contribution in [0.25, 0.3) is 0 Å². The van der Waals surface area contributed by atoms with Gasteiger partial charge in [0.25, 0.3) is 0 Å². The van der Waals surface area contributed by atoms with Gasteiger partial charge < -0.3 is 0 Å². The molecule has 0 aliphatic heterocycles. The Hall–Kier alpha value is -0.360. The van der Waals surface area contributed by atoms with Crippen molar-refractivity contribution in [1.82, 2.24) is 0 Å². The van der Waals surface area contributed by atoms with Crippen LogP contribution in [-0.4, -0.2) is 4.83 Å². The van der Waals surface area contributed by atoms with E-state index in [1.807, 2.05) is 12.0 Å². The fourth-order valence-electron chi connectivity index (χ4n) is 1.10. The average molecular weight is 235 g/mol. The highest BCUT2D eigenvalue weighted by molar-refractivity contribution is 9.10. The molecule has 0 heterocycles. The van der Waals surface area contributed by atoms with Gasteiger partial charge in [-0.2, -0.15) is 8.78 Å². The summed E-state index contributed by atoms with van der Waals surface area (Å²) in [4.78, 5) is -3.04. The Bertz CT molecular complexity index is 239. The van der Waals surface area contributed by atoms with E-state index in [-0.39, 0.29) is 0 Å². The SMILES string of the molecule is FC(F)(Br)C#CC1=CCCCC1. The van der Waals surface area contributed by atoms with Crippen molar-refractivity contribution in [3.63, 3.8) is 0 Å². The highest BCUT2D eigenvalue weighted by Gasteiger charge is 2.19. The number of hydrogen-bond donors (Lipinski definition) is 0. The van der Waals surface area contributed by atoms with E-state index < -0.39 is 4.83 Å². The molecule has 0 N–H and O–H groups in total. The largest absolute Gasteiger partial charge is 0.363 e. The molecule has 0 amide bonds. The maximum Gasteiger partial charge on any atom is 0.363 e. The van der Waals surface area contributed by atoms with E-state index in [4.69, 9.17) is 0 Å². The quantitative estimate of drug-likeness (QED) is 0.445. The van der Waals surface area contributed by atoms with E-state index in [0.717, 1.165) is 31.3 Å². The number of halogens is 3. The van der Waals surface area contributed by atoms with Crippen molar-refractivity contribution in [2.45, 2.75) is 30.5 Å². The van der Waals surface area contributed by atoms with Gasteiger partial charge >= 0.3 is 4.83 Å². The number of hydrogen-bond acceptors (Lipinski definition) is 0. The van der Waals surface area contributed by atoms with Crippen LogP contribution in [0.5, 0.6) is 0 Å². The van der Waals surface area contributed by atoms with Gasteiger partial charge in [0, 0.05) is 15.9 Å². The smallest absolute Gasteiger partial charge is 0.180 e. The monoisotopic (exact) mass is 234 g/mol. The fourth-order valence-corrected chi connectivity index (χ4v) is 1.20. The van der Waals surface area contributed by atoms with Crippen LogP contribution in [0.2, 0.25) is 0 Å². The zero-order valence-corrected chi connectivity index (χ0v) is 8.13. The lowest BCUT2D eigenvalue weighted by Gasteiger charge is -2.06. The van der Waals surface area contributed by atoms with Crippen molar-refractivity contribution in [2.75, 3.05) is 0 Å². The van der Waals surface area contributed by atoms with Gasteiger partial charge in [0.2, 0.25) is 0 Å². The van der Waals surface area contributed by atoms with Crippen LogP contribution >= 0.6 is 15.9 Å². The van der Waals surface area contributed by atoms with E-state index in [1.54, 1.807) is 0 Å². The Morgan fingerprint density at radius 1 is 1.42 bits per heavy atom. The van der Waals surface area contributed by atoms with Gasteiger partial charge in [-0.05, 0) is 37.2 Å². The molecule has 0 bridgehead atoms. The summed E-state index contributed by atoms with van der Waals surface area (Å²) in [5.41, 5.74) is 0.848. The topological polar surface area (TPSA) is 0 Å². The van der Waals surface area contributed by atoms with Gasteiger partial charge in [-0.15, -0.1) is 0 Å². The van der Waals surface area contributed by atoms with Crippen LogP contribution < -0.4 is 0 Å². The summed E-state index contributed by atoms with van der Waals surface area (Å²) in [5, 5.41) is 0. The lowest BCUT2D eigenvalue weighted by molar-refractivity contribution is 0.182. The highest BCUT2D eigenvalue weighted by Crippen LogP contribution is 2.21. The average Bonchev–Trinajstić information content (AvgIpc) is 2.02. The maximum atomic E-state index is 12.2. The van der Waals surface area contributed by atoms with Crippen LogP contribution in [-0.2, 0) is 0 Å². The van der Waals surface area contributed by atoms with Crippen molar-refractivity contribution in [3.8, 4) is 11.8 Å². The predicted molar refractivity (Wildman–Crippen MR) is 48.2 cm³/mol. The first kappa shape index (κ1) is 9.73. The third kappa shape index (κ3) is 3.87. The van der Waals surface area contributed by atoms with E-state index in [9.17, 15) is 8.78 Å². The summed E-state index contributed by atoms with van der Waals surface area (Å²) in [6.45, 7) is 0. The van der Waals surface area contributed by atoms with Gasteiger partial charge in [-0.25, -0.2) is 0 Å². The van der Waals surface area contributed by atoms with Crippen LogP contribution in [0.4, 0.5) is 8.78 Å². The van der Waals surface area contributed by atoms with Crippen molar-refractivity contribution >= 4 is 15.9 Å². The zero-order valence-electron chi connectivity index (χ0n) is 6.54. The molecule has 0 aromatic carbocycles. The van der Waals surface area contributed by atoms with Crippen LogP contribution in [0, 0.1) is 11.8 Å². The standard InChI is InChI=1S/C9H9BrF2/c10-9(11,12)7-6-8-4-2-1-3-5-8/h4H,1-3,5H2. The second-order valence-corrected chi connectivity index (χ2v) is 3.72. The van der Waals surface area contributed by atoms with Crippen molar-refractivity contribution in [2.24, 2.45) is 0 Å². The fraction of sp³-hybridized carbons (Fsp3) is 0.556. The van der Waals surface area contributed by atoms with Crippen LogP contribution in [0.15, 0.2) is 11.6 Å². The Morgan fingerprint density at radius 2 is 2.17 bits per heavy atom. The highest BCUT2D eigenvalue weighted by atomic mass is 79.9.